The maximum Gasteiger partial charge on any atom is 0.312 e. The first-order chi connectivity index (χ1) is 16.9. The average Bonchev–Trinajstić information content (AvgIpc) is 3.48. The van der Waals surface area contributed by atoms with Crippen LogP contribution in [0.5, 0.6) is 0 Å². The molecule has 0 radical (unpaired) electrons. The highest BCUT2D eigenvalue weighted by molar-refractivity contribution is 5.98. The maximum atomic E-state index is 14.1. The lowest BCUT2D eigenvalue weighted by Gasteiger charge is -2.39. The summed E-state index contributed by atoms with van der Waals surface area (Å²) in [5.41, 5.74) is -1.02. The Hall–Kier alpha value is -2.19. The van der Waals surface area contributed by atoms with Gasteiger partial charge in [-0.15, -0.1) is 13.2 Å². The highest BCUT2D eigenvalue weighted by Gasteiger charge is 2.75. The second kappa shape index (κ2) is 12.2. The first kappa shape index (κ1) is 27.4. The Morgan fingerprint density at radius 3 is 2.74 bits per heavy atom. The summed E-state index contributed by atoms with van der Waals surface area (Å²) in [6.45, 7) is 12.6. The summed E-state index contributed by atoms with van der Waals surface area (Å²) in [7, 11) is 0. The fourth-order valence-electron chi connectivity index (χ4n) is 6.19. The summed E-state index contributed by atoms with van der Waals surface area (Å²) < 4.78 is 12.0. The van der Waals surface area contributed by atoms with E-state index >= 15 is 0 Å². The van der Waals surface area contributed by atoms with Crippen LogP contribution in [0.3, 0.4) is 0 Å². The van der Waals surface area contributed by atoms with Gasteiger partial charge in [0, 0.05) is 25.7 Å². The van der Waals surface area contributed by atoms with E-state index in [0.717, 1.165) is 19.3 Å². The number of aliphatic hydroxyl groups is 1. The number of hydrogen-bond donors (Lipinski definition) is 1. The predicted molar refractivity (Wildman–Crippen MR) is 132 cm³/mol. The molecule has 8 heteroatoms. The van der Waals surface area contributed by atoms with Crippen molar-refractivity contribution in [2.75, 3.05) is 26.3 Å². The highest BCUT2D eigenvalue weighted by Crippen LogP contribution is 2.58. The van der Waals surface area contributed by atoms with Gasteiger partial charge in [-0.2, -0.15) is 0 Å². The molecule has 0 aliphatic carbocycles. The molecule has 2 bridgehead atoms. The van der Waals surface area contributed by atoms with Crippen molar-refractivity contribution in [1.29, 1.82) is 0 Å². The molecule has 3 fully saturated rings. The second-order valence-electron chi connectivity index (χ2n) is 10.0. The van der Waals surface area contributed by atoms with Crippen LogP contribution >= 0.6 is 0 Å². The Bertz CT molecular complexity index is 801. The van der Waals surface area contributed by atoms with Gasteiger partial charge in [-0.25, -0.2) is 0 Å². The third kappa shape index (κ3) is 5.19. The monoisotopic (exact) mass is 490 g/mol. The zero-order chi connectivity index (χ0) is 25.6. The lowest BCUT2D eigenvalue weighted by molar-refractivity contribution is -0.155. The van der Waals surface area contributed by atoms with Crippen LogP contribution in [-0.4, -0.2) is 82.8 Å². The van der Waals surface area contributed by atoms with Crippen molar-refractivity contribution in [3.63, 3.8) is 0 Å². The Labute approximate surface area is 209 Å². The number of hydrogen-bond acceptors (Lipinski definition) is 6. The molecule has 3 unspecified atom stereocenters. The van der Waals surface area contributed by atoms with Crippen molar-refractivity contribution in [1.82, 2.24) is 9.80 Å². The number of likely N-dealkylation sites (tertiary alicyclic amines) is 1. The maximum absolute atomic E-state index is 14.1. The molecule has 0 aromatic heterocycles. The minimum absolute atomic E-state index is 0.0143. The largest absolute Gasteiger partial charge is 0.465 e. The van der Waals surface area contributed by atoms with Crippen molar-refractivity contribution in [2.24, 2.45) is 11.8 Å². The van der Waals surface area contributed by atoms with Gasteiger partial charge in [0.25, 0.3) is 0 Å². The molecule has 3 aliphatic rings. The van der Waals surface area contributed by atoms with E-state index in [1.807, 2.05) is 6.92 Å². The van der Waals surface area contributed by atoms with Gasteiger partial charge < -0.3 is 24.4 Å². The number of allylic oxidation sites excluding steroid dienone is 1. The van der Waals surface area contributed by atoms with Crippen molar-refractivity contribution < 1.29 is 29.0 Å². The lowest BCUT2D eigenvalue weighted by atomic mass is 9.70. The molecule has 35 heavy (non-hydrogen) atoms. The zero-order valence-corrected chi connectivity index (χ0v) is 21.3. The Morgan fingerprint density at radius 2 is 2.09 bits per heavy atom. The van der Waals surface area contributed by atoms with Gasteiger partial charge in [-0.1, -0.05) is 25.5 Å². The van der Waals surface area contributed by atoms with Gasteiger partial charge in [0.15, 0.2) is 0 Å². The fraction of sp³-hybridized carbons (Fsp3) is 0.741. The van der Waals surface area contributed by atoms with Crippen molar-refractivity contribution >= 4 is 17.8 Å². The summed E-state index contributed by atoms with van der Waals surface area (Å²) in [5.74, 6) is -2.18. The molecule has 3 heterocycles. The molecular weight excluding hydrogens is 448 g/mol. The highest BCUT2D eigenvalue weighted by atomic mass is 16.6. The second-order valence-corrected chi connectivity index (χ2v) is 10.0. The van der Waals surface area contributed by atoms with E-state index in [1.165, 1.54) is 0 Å². The Balaban J connectivity index is 1.92. The first-order valence-corrected chi connectivity index (χ1v) is 13.2. The van der Waals surface area contributed by atoms with Gasteiger partial charge >= 0.3 is 5.97 Å². The fourth-order valence-corrected chi connectivity index (χ4v) is 6.19. The normalized spacial score (nSPS) is 29.7. The number of aliphatic hydroxyl groups excluding tert-OH is 1. The Morgan fingerprint density at radius 1 is 1.31 bits per heavy atom. The van der Waals surface area contributed by atoms with E-state index in [2.05, 4.69) is 20.1 Å². The quantitative estimate of drug-likeness (QED) is 0.215. The number of esters is 1. The third-order valence-electron chi connectivity index (χ3n) is 7.76. The van der Waals surface area contributed by atoms with E-state index in [0.29, 0.717) is 45.2 Å². The molecule has 2 amide bonds. The van der Waals surface area contributed by atoms with Crippen LogP contribution in [0.15, 0.2) is 25.3 Å². The van der Waals surface area contributed by atoms with Gasteiger partial charge in [0.1, 0.15) is 11.6 Å². The number of rotatable bonds is 15. The van der Waals surface area contributed by atoms with Crippen LogP contribution < -0.4 is 0 Å². The number of amides is 2. The van der Waals surface area contributed by atoms with E-state index in [9.17, 15) is 19.5 Å². The molecule has 196 valence electrons. The minimum atomic E-state index is -1.02. The molecule has 3 aliphatic heterocycles. The number of ether oxygens (including phenoxy) is 2. The number of carbonyl (C=O) groups excluding carboxylic acids is 3. The van der Waals surface area contributed by atoms with Crippen LogP contribution in [0.1, 0.15) is 65.2 Å². The molecule has 1 N–H and O–H groups in total. The molecule has 3 rings (SSSR count). The van der Waals surface area contributed by atoms with Crippen LogP contribution in [0.4, 0.5) is 0 Å². The van der Waals surface area contributed by atoms with Crippen molar-refractivity contribution in [3.8, 4) is 0 Å². The number of nitrogens with zero attached hydrogens (tertiary/aromatic N) is 2. The molecule has 3 saturated heterocycles. The molecule has 0 aromatic rings. The standard InChI is InChI=1S/C27H42N2O6/c1-5-8-11-18-34-26(33)21-20-13-14-27(35-20)22(21)24(31)29(16-9-10-17-30)23(27)25(32)28(15-7-3)19(4)12-6-2/h5,7,19-23,30H,1,3,6,8-18H2,2,4H3/t19?,20-,21+,22+,23?,27?/m1/s1. The number of carbonyl (C=O) groups is 3. The summed E-state index contributed by atoms with van der Waals surface area (Å²) in [5, 5.41) is 9.29. The van der Waals surface area contributed by atoms with Crippen LogP contribution in [0.2, 0.25) is 0 Å². The summed E-state index contributed by atoms with van der Waals surface area (Å²) in [6.07, 6.45) is 8.55. The number of fused-ring (bicyclic) bond motifs is 1. The minimum Gasteiger partial charge on any atom is -0.465 e. The predicted octanol–water partition coefficient (Wildman–Crippen LogP) is 2.85. The van der Waals surface area contributed by atoms with E-state index < -0.39 is 35.6 Å². The molecule has 8 nitrogen and oxygen atoms in total. The molecular formula is C27H42N2O6. The van der Waals surface area contributed by atoms with E-state index in [1.54, 1.807) is 22.0 Å². The molecule has 1 spiro atoms. The van der Waals surface area contributed by atoms with E-state index in [4.69, 9.17) is 9.47 Å². The molecule has 0 saturated carbocycles. The van der Waals surface area contributed by atoms with Crippen LogP contribution in [0, 0.1) is 11.8 Å². The lowest BCUT2D eigenvalue weighted by Crippen LogP contribution is -2.57. The average molecular weight is 491 g/mol. The van der Waals surface area contributed by atoms with Crippen LogP contribution in [-0.2, 0) is 23.9 Å². The van der Waals surface area contributed by atoms with Gasteiger partial charge in [-0.3, -0.25) is 14.4 Å². The summed E-state index contributed by atoms with van der Waals surface area (Å²) in [4.78, 5) is 44.5. The first-order valence-electron chi connectivity index (χ1n) is 13.2. The third-order valence-corrected chi connectivity index (χ3v) is 7.76. The Kier molecular flexibility index (Phi) is 9.53. The van der Waals surface area contributed by atoms with Gasteiger partial charge in [-0.05, 0) is 51.9 Å². The van der Waals surface area contributed by atoms with Gasteiger partial charge in [0.2, 0.25) is 11.8 Å². The summed E-state index contributed by atoms with van der Waals surface area (Å²) >= 11 is 0. The molecule has 6 atom stereocenters. The smallest absolute Gasteiger partial charge is 0.312 e. The van der Waals surface area contributed by atoms with Crippen molar-refractivity contribution in [2.45, 2.75) is 89.0 Å². The molecule has 0 aromatic carbocycles. The van der Waals surface area contributed by atoms with E-state index in [-0.39, 0.29) is 31.1 Å². The zero-order valence-electron chi connectivity index (χ0n) is 21.3. The van der Waals surface area contributed by atoms with Gasteiger partial charge in [0.05, 0.1) is 24.5 Å². The topological polar surface area (TPSA) is 96.4 Å². The SMILES string of the molecule is C=CCCCOC(=O)[C@@H]1[C@H]2C(=O)N(CCCCO)C(C(=O)N(CC=C)C(C)CCC)C23CC[C@H]1O3. The summed E-state index contributed by atoms with van der Waals surface area (Å²) in [6, 6.07) is -0.805. The number of unbranched alkanes of at least 4 members (excludes halogenated alkanes) is 2. The van der Waals surface area contributed by atoms with Crippen LogP contribution in [0.25, 0.3) is 0 Å². The van der Waals surface area contributed by atoms with Crippen molar-refractivity contribution in [3.05, 3.63) is 25.3 Å².